The zero-order chi connectivity index (χ0) is 16.9. The molecule has 0 fully saturated rings. The highest BCUT2D eigenvalue weighted by Crippen LogP contribution is 2.25. The number of aromatic nitrogens is 2. The summed E-state index contributed by atoms with van der Waals surface area (Å²) in [6.45, 7) is 0. The topological polar surface area (TPSA) is 51.4 Å². The summed E-state index contributed by atoms with van der Waals surface area (Å²) in [5, 5.41) is 4.14. The minimum Gasteiger partial charge on any atom is -0.497 e. The van der Waals surface area contributed by atoms with Gasteiger partial charge in [0.15, 0.2) is 5.82 Å². The molecule has 5 heteroatoms. The Morgan fingerprint density at radius 1 is 1.04 bits per heavy atom. The van der Waals surface area contributed by atoms with E-state index < -0.39 is 0 Å². The number of ether oxygens (including phenoxy) is 1. The Bertz CT molecular complexity index is 767. The van der Waals surface area contributed by atoms with E-state index in [0.29, 0.717) is 18.1 Å². The maximum atomic E-state index is 5.53. The van der Waals surface area contributed by atoms with Gasteiger partial charge < -0.3 is 9.26 Å². The van der Waals surface area contributed by atoms with Crippen LogP contribution in [-0.2, 0) is 6.42 Å². The number of nitrogens with zero attached hydrogens (tertiary/aromatic N) is 3. The molecule has 1 atom stereocenters. The number of hydrogen-bond acceptors (Lipinski definition) is 5. The normalized spacial score (nSPS) is 12.3. The summed E-state index contributed by atoms with van der Waals surface area (Å²) >= 11 is 0. The van der Waals surface area contributed by atoms with Crippen molar-refractivity contribution in [2.24, 2.45) is 0 Å². The van der Waals surface area contributed by atoms with E-state index in [4.69, 9.17) is 9.26 Å². The SMILES string of the molecule is COc1ccc(Cc2noc([C@H](c3ccccc3)N(C)C)n2)cc1. The highest BCUT2D eigenvalue weighted by atomic mass is 16.5. The van der Waals surface area contributed by atoms with Gasteiger partial charge in [-0.1, -0.05) is 47.6 Å². The third-order valence-electron chi connectivity index (χ3n) is 3.87. The summed E-state index contributed by atoms with van der Waals surface area (Å²) < 4.78 is 10.7. The van der Waals surface area contributed by atoms with Crippen LogP contribution in [0.4, 0.5) is 0 Å². The molecule has 124 valence electrons. The number of methoxy groups -OCH3 is 1. The fourth-order valence-electron chi connectivity index (χ4n) is 2.67. The first-order valence-corrected chi connectivity index (χ1v) is 7.84. The Hall–Kier alpha value is -2.66. The Balaban J connectivity index is 1.80. The van der Waals surface area contributed by atoms with Crippen LogP contribution in [0.2, 0.25) is 0 Å². The molecule has 3 rings (SSSR count). The van der Waals surface area contributed by atoms with Crippen molar-refractivity contribution < 1.29 is 9.26 Å². The van der Waals surface area contributed by atoms with Crippen LogP contribution < -0.4 is 4.74 Å². The highest BCUT2D eigenvalue weighted by Gasteiger charge is 2.23. The Kier molecular flexibility index (Phi) is 4.91. The van der Waals surface area contributed by atoms with Crippen LogP contribution >= 0.6 is 0 Å². The molecule has 5 nitrogen and oxygen atoms in total. The van der Waals surface area contributed by atoms with Crippen molar-refractivity contribution >= 4 is 0 Å². The Morgan fingerprint density at radius 2 is 1.75 bits per heavy atom. The molecule has 24 heavy (non-hydrogen) atoms. The smallest absolute Gasteiger partial charge is 0.248 e. The molecule has 1 heterocycles. The summed E-state index contributed by atoms with van der Waals surface area (Å²) in [5.41, 5.74) is 2.24. The lowest BCUT2D eigenvalue weighted by atomic mass is 10.1. The quantitative estimate of drug-likeness (QED) is 0.696. The lowest BCUT2D eigenvalue weighted by Gasteiger charge is -2.20. The minimum atomic E-state index is -0.0525. The molecule has 1 aromatic heterocycles. The van der Waals surface area contributed by atoms with Crippen LogP contribution in [0.3, 0.4) is 0 Å². The van der Waals surface area contributed by atoms with Gasteiger partial charge in [-0.25, -0.2) is 0 Å². The third kappa shape index (κ3) is 3.63. The molecule has 2 aromatic carbocycles. The molecular weight excluding hydrogens is 302 g/mol. The fourth-order valence-corrected chi connectivity index (χ4v) is 2.67. The summed E-state index contributed by atoms with van der Waals surface area (Å²) in [6.07, 6.45) is 0.627. The molecule has 0 radical (unpaired) electrons. The van der Waals surface area contributed by atoms with E-state index in [9.17, 15) is 0 Å². The monoisotopic (exact) mass is 323 g/mol. The number of hydrogen-bond donors (Lipinski definition) is 0. The zero-order valence-electron chi connectivity index (χ0n) is 14.1. The predicted molar refractivity (Wildman–Crippen MR) is 92.1 cm³/mol. The first-order chi connectivity index (χ1) is 11.7. The summed E-state index contributed by atoms with van der Waals surface area (Å²) in [6, 6.07) is 18.0. The fraction of sp³-hybridized carbons (Fsp3) is 0.263. The van der Waals surface area contributed by atoms with Gasteiger partial charge in [-0.05, 0) is 37.4 Å². The molecule has 0 saturated heterocycles. The third-order valence-corrected chi connectivity index (χ3v) is 3.87. The van der Waals surface area contributed by atoms with E-state index in [1.54, 1.807) is 7.11 Å². The summed E-state index contributed by atoms with van der Waals surface area (Å²) in [5.74, 6) is 2.12. The average Bonchev–Trinajstić information content (AvgIpc) is 3.04. The molecular formula is C19H21N3O2. The van der Waals surface area contributed by atoms with Gasteiger partial charge in [0.05, 0.1) is 7.11 Å². The van der Waals surface area contributed by atoms with Crippen LogP contribution in [0, 0.1) is 0 Å². The van der Waals surface area contributed by atoms with Crippen LogP contribution in [-0.4, -0.2) is 36.2 Å². The Labute approximate surface area is 141 Å². The van der Waals surface area contributed by atoms with E-state index in [-0.39, 0.29) is 6.04 Å². The first-order valence-electron chi connectivity index (χ1n) is 7.84. The van der Waals surface area contributed by atoms with Gasteiger partial charge in [0.1, 0.15) is 11.8 Å². The highest BCUT2D eigenvalue weighted by molar-refractivity contribution is 5.29. The molecule has 0 aliphatic heterocycles. The molecule has 0 aliphatic carbocycles. The van der Waals surface area contributed by atoms with E-state index in [0.717, 1.165) is 16.9 Å². The van der Waals surface area contributed by atoms with Gasteiger partial charge in [-0.15, -0.1) is 0 Å². The second-order valence-electron chi connectivity index (χ2n) is 5.85. The number of benzene rings is 2. The van der Waals surface area contributed by atoms with E-state index in [2.05, 4.69) is 27.2 Å². The molecule has 0 saturated carbocycles. The van der Waals surface area contributed by atoms with Gasteiger partial charge in [0.25, 0.3) is 0 Å². The van der Waals surface area contributed by atoms with Crippen molar-refractivity contribution in [3.05, 3.63) is 77.4 Å². The molecule has 0 spiro atoms. The molecule has 0 N–H and O–H groups in total. The van der Waals surface area contributed by atoms with E-state index in [1.807, 2.05) is 56.6 Å². The zero-order valence-corrected chi connectivity index (χ0v) is 14.1. The minimum absolute atomic E-state index is 0.0525. The first kappa shape index (κ1) is 16.2. The second-order valence-corrected chi connectivity index (χ2v) is 5.85. The van der Waals surface area contributed by atoms with Crippen LogP contribution in [0.1, 0.15) is 28.9 Å². The average molecular weight is 323 g/mol. The van der Waals surface area contributed by atoms with Crippen molar-refractivity contribution in [1.29, 1.82) is 0 Å². The van der Waals surface area contributed by atoms with Gasteiger partial charge in [-0.3, -0.25) is 4.90 Å². The largest absolute Gasteiger partial charge is 0.497 e. The van der Waals surface area contributed by atoms with Crippen LogP contribution in [0.25, 0.3) is 0 Å². The van der Waals surface area contributed by atoms with Gasteiger partial charge in [-0.2, -0.15) is 4.98 Å². The lowest BCUT2D eigenvalue weighted by Crippen LogP contribution is -2.21. The lowest BCUT2D eigenvalue weighted by molar-refractivity contribution is 0.260. The second kappa shape index (κ2) is 7.27. The van der Waals surface area contributed by atoms with Crippen molar-refractivity contribution in [2.45, 2.75) is 12.5 Å². The van der Waals surface area contributed by atoms with Crippen molar-refractivity contribution in [1.82, 2.24) is 15.0 Å². The van der Waals surface area contributed by atoms with Gasteiger partial charge in [0.2, 0.25) is 5.89 Å². The predicted octanol–water partition coefficient (Wildman–Crippen LogP) is 3.32. The Morgan fingerprint density at radius 3 is 2.38 bits per heavy atom. The van der Waals surface area contributed by atoms with Gasteiger partial charge >= 0.3 is 0 Å². The number of rotatable bonds is 6. The van der Waals surface area contributed by atoms with Crippen LogP contribution in [0.15, 0.2) is 59.1 Å². The summed E-state index contributed by atoms with van der Waals surface area (Å²) in [4.78, 5) is 6.66. The molecule has 3 aromatic rings. The van der Waals surface area contributed by atoms with Crippen molar-refractivity contribution in [3.63, 3.8) is 0 Å². The maximum absolute atomic E-state index is 5.53. The molecule has 0 unspecified atom stereocenters. The van der Waals surface area contributed by atoms with Crippen LogP contribution in [0.5, 0.6) is 5.75 Å². The molecule has 0 aliphatic rings. The van der Waals surface area contributed by atoms with E-state index >= 15 is 0 Å². The standard InChI is InChI=1S/C19H21N3O2/c1-22(2)18(15-7-5-4-6-8-15)19-20-17(21-24-19)13-14-9-11-16(23-3)12-10-14/h4-12,18H,13H2,1-3H3/t18-/m0/s1. The van der Waals surface area contributed by atoms with E-state index in [1.165, 1.54) is 0 Å². The molecule has 0 amide bonds. The maximum Gasteiger partial charge on any atom is 0.248 e. The van der Waals surface area contributed by atoms with Crippen molar-refractivity contribution in [2.75, 3.05) is 21.2 Å². The van der Waals surface area contributed by atoms with Crippen molar-refractivity contribution in [3.8, 4) is 5.75 Å². The molecule has 0 bridgehead atoms. The van der Waals surface area contributed by atoms with Gasteiger partial charge in [0, 0.05) is 6.42 Å². The summed E-state index contributed by atoms with van der Waals surface area (Å²) in [7, 11) is 5.67.